The number of halogens is 1. The van der Waals surface area contributed by atoms with Crippen LogP contribution >= 0.6 is 27.3 Å². The molecule has 146 valence electrons. The van der Waals surface area contributed by atoms with E-state index in [4.69, 9.17) is 0 Å². The molecule has 1 fully saturated rings. The molecule has 1 amide bonds. The molecular formula is C19H20BrN5O2S. The van der Waals surface area contributed by atoms with Crippen LogP contribution in [0.4, 0.5) is 5.13 Å². The van der Waals surface area contributed by atoms with Crippen LogP contribution in [0, 0.1) is 5.92 Å². The van der Waals surface area contributed by atoms with Gasteiger partial charge in [0.05, 0.1) is 0 Å². The molecule has 1 aliphatic heterocycles. The van der Waals surface area contributed by atoms with Crippen LogP contribution in [0.2, 0.25) is 0 Å². The second-order valence-corrected chi connectivity index (χ2v) is 8.91. The van der Waals surface area contributed by atoms with Crippen molar-refractivity contribution in [3.8, 4) is 0 Å². The standard InChI is InChI=1S/C19H20BrN5O2S/c1-12-4-3-7-24(11-12)19-23-25-15(9-16(26)22-18(25)28-19)17(27)21-10-13-5-2-6-14(20)8-13/h2,5-6,8-9,12H,3-4,7,10-11H2,1H3,(H,21,27). The number of carbonyl (C=O) groups is 1. The molecule has 28 heavy (non-hydrogen) atoms. The van der Waals surface area contributed by atoms with Crippen LogP contribution < -0.4 is 15.8 Å². The van der Waals surface area contributed by atoms with E-state index in [1.54, 1.807) is 0 Å². The summed E-state index contributed by atoms with van der Waals surface area (Å²) in [7, 11) is 0. The van der Waals surface area contributed by atoms with Gasteiger partial charge in [0.1, 0.15) is 5.69 Å². The lowest BCUT2D eigenvalue weighted by molar-refractivity contribution is 0.0943. The molecule has 0 aliphatic carbocycles. The van der Waals surface area contributed by atoms with E-state index in [0.717, 1.165) is 34.7 Å². The van der Waals surface area contributed by atoms with Gasteiger partial charge in [0.2, 0.25) is 10.1 Å². The zero-order chi connectivity index (χ0) is 19.7. The Morgan fingerprint density at radius 3 is 3.04 bits per heavy atom. The van der Waals surface area contributed by atoms with Crippen LogP contribution in [0.15, 0.2) is 39.6 Å². The van der Waals surface area contributed by atoms with Crippen LogP contribution in [-0.4, -0.2) is 33.6 Å². The van der Waals surface area contributed by atoms with E-state index in [2.05, 4.69) is 43.2 Å². The molecule has 1 unspecified atom stereocenters. The van der Waals surface area contributed by atoms with Crippen molar-refractivity contribution >= 4 is 43.3 Å². The fourth-order valence-corrected chi connectivity index (χ4v) is 4.77. The summed E-state index contributed by atoms with van der Waals surface area (Å²) in [6.45, 7) is 4.44. The molecular weight excluding hydrogens is 442 g/mol. The Balaban J connectivity index is 1.60. The summed E-state index contributed by atoms with van der Waals surface area (Å²) >= 11 is 4.77. The molecule has 9 heteroatoms. The van der Waals surface area contributed by atoms with Crippen LogP contribution in [-0.2, 0) is 6.54 Å². The van der Waals surface area contributed by atoms with E-state index in [1.165, 1.54) is 28.3 Å². The van der Waals surface area contributed by atoms with Gasteiger partial charge in [0, 0.05) is 30.2 Å². The molecule has 2 aromatic heterocycles. The molecule has 0 radical (unpaired) electrons. The van der Waals surface area contributed by atoms with Crippen molar-refractivity contribution in [2.45, 2.75) is 26.3 Å². The molecule has 0 spiro atoms. The van der Waals surface area contributed by atoms with Gasteiger partial charge >= 0.3 is 0 Å². The van der Waals surface area contributed by atoms with Crippen molar-refractivity contribution < 1.29 is 4.79 Å². The summed E-state index contributed by atoms with van der Waals surface area (Å²) in [5.74, 6) is 0.250. The molecule has 1 saturated heterocycles. The molecule has 7 nitrogen and oxygen atoms in total. The highest BCUT2D eigenvalue weighted by Crippen LogP contribution is 2.27. The monoisotopic (exact) mass is 461 g/mol. The molecule has 3 heterocycles. The number of hydrogen-bond donors (Lipinski definition) is 1. The van der Waals surface area contributed by atoms with E-state index in [1.807, 2.05) is 24.3 Å². The molecule has 0 bridgehead atoms. The predicted molar refractivity (Wildman–Crippen MR) is 113 cm³/mol. The number of hydrogen-bond acceptors (Lipinski definition) is 6. The third kappa shape index (κ3) is 4.10. The topological polar surface area (TPSA) is 79.6 Å². The Kier molecular flexibility index (Phi) is 5.45. The minimum atomic E-state index is -0.435. The Hall–Kier alpha value is -2.26. The van der Waals surface area contributed by atoms with Gasteiger partial charge in [0.15, 0.2) is 0 Å². The maximum atomic E-state index is 12.7. The first-order chi connectivity index (χ1) is 13.5. The smallest absolute Gasteiger partial charge is 0.274 e. The molecule has 1 aromatic carbocycles. The maximum absolute atomic E-state index is 12.7. The summed E-state index contributed by atoms with van der Waals surface area (Å²) in [4.78, 5) is 31.4. The number of piperidine rings is 1. The zero-order valence-electron chi connectivity index (χ0n) is 15.4. The summed E-state index contributed by atoms with van der Waals surface area (Å²) in [5, 5.41) is 8.25. The highest BCUT2D eigenvalue weighted by molar-refractivity contribution is 9.10. The maximum Gasteiger partial charge on any atom is 0.274 e. The quantitative estimate of drug-likeness (QED) is 0.645. The third-order valence-electron chi connectivity index (χ3n) is 4.75. The molecule has 4 rings (SSSR count). The average Bonchev–Trinajstić information content (AvgIpc) is 3.09. The van der Waals surface area contributed by atoms with E-state index >= 15 is 0 Å². The first-order valence-corrected chi connectivity index (χ1v) is 10.8. The fourth-order valence-electron chi connectivity index (χ4n) is 3.38. The van der Waals surface area contributed by atoms with Crippen molar-refractivity contribution in [3.05, 3.63) is 56.4 Å². The second-order valence-electron chi connectivity index (χ2n) is 7.06. The number of benzene rings is 1. The van der Waals surface area contributed by atoms with Gasteiger partial charge in [-0.1, -0.05) is 46.3 Å². The van der Waals surface area contributed by atoms with Crippen LogP contribution in [0.1, 0.15) is 35.8 Å². The van der Waals surface area contributed by atoms with Crippen LogP contribution in [0.25, 0.3) is 4.96 Å². The van der Waals surface area contributed by atoms with Crippen molar-refractivity contribution in [2.75, 3.05) is 18.0 Å². The number of amides is 1. The molecule has 1 N–H and O–H groups in total. The number of carbonyl (C=O) groups excluding carboxylic acids is 1. The van der Waals surface area contributed by atoms with E-state index in [9.17, 15) is 9.59 Å². The highest BCUT2D eigenvalue weighted by Gasteiger charge is 2.22. The summed E-state index contributed by atoms with van der Waals surface area (Å²) in [5.41, 5.74) is 0.731. The Bertz CT molecular complexity index is 1080. The SMILES string of the molecule is CC1CCCN(c2nn3c(C(=O)NCc4cccc(Br)c4)cc(=O)nc3s2)C1. The Labute approximate surface area is 174 Å². The lowest BCUT2D eigenvalue weighted by atomic mass is 10.0. The lowest BCUT2D eigenvalue weighted by Crippen LogP contribution is -2.34. The lowest BCUT2D eigenvalue weighted by Gasteiger charge is -2.30. The van der Waals surface area contributed by atoms with Gasteiger partial charge in [-0.05, 0) is 36.5 Å². The molecule has 1 atom stereocenters. The third-order valence-corrected chi connectivity index (χ3v) is 6.21. The van der Waals surface area contributed by atoms with Gasteiger partial charge in [-0.15, -0.1) is 5.10 Å². The molecule has 1 aliphatic rings. The first-order valence-electron chi connectivity index (χ1n) is 9.18. The van der Waals surface area contributed by atoms with Gasteiger partial charge in [-0.2, -0.15) is 9.50 Å². The average molecular weight is 462 g/mol. The van der Waals surface area contributed by atoms with E-state index < -0.39 is 5.56 Å². The fraction of sp³-hybridized carbons (Fsp3) is 0.368. The summed E-state index contributed by atoms with van der Waals surface area (Å²) < 4.78 is 2.43. The summed E-state index contributed by atoms with van der Waals surface area (Å²) in [6.07, 6.45) is 2.32. The zero-order valence-corrected chi connectivity index (χ0v) is 17.8. The molecule has 0 saturated carbocycles. The number of rotatable bonds is 4. The number of nitrogens with zero attached hydrogens (tertiary/aromatic N) is 4. The number of fused-ring (bicyclic) bond motifs is 1. The predicted octanol–water partition coefficient (Wildman–Crippen LogP) is 3.08. The molecule has 3 aromatic rings. The van der Waals surface area contributed by atoms with Gasteiger partial charge in [-0.25, -0.2) is 0 Å². The van der Waals surface area contributed by atoms with E-state index in [-0.39, 0.29) is 11.6 Å². The second kappa shape index (κ2) is 8.00. The van der Waals surface area contributed by atoms with E-state index in [0.29, 0.717) is 17.4 Å². The normalized spacial score (nSPS) is 17.1. The van der Waals surface area contributed by atoms with Crippen molar-refractivity contribution in [1.82, 2.24) is 19.9 Å². The number of anilines is 1. The van der Waals surface area contributed by atoms with Gasteiger partial charge < -0.3 is 10.2 Å². The summed E-state index contributed by atoms with van der Waals surface area (Å²) in [6, 6.07) is 8.94. The van der Waals surface area contributed by atoms with Crippen molar-refractivity contribution in [3.63, 3.8) is 0 Å². The highest BCUT2D eigenvalue weighted by atomic mass is 79.9. The largest absolute Gasteiger partial charge is 0.347 e. The number of nitrogens with one attached hydrogen (secondary N) is 1. The minimum Gasteiger partial charge on any atom is -0.347 e. The first kappa shape index (κ1) is 19.1. The Morgan fingerprint density at radius 2 is 2.25 bits per heavy atom. The van der Waals surface area contributed by atoms with Crippen molar-refractivity contribution in [1.29, 1.82) is 0 Å². The van der Waals surface area contributed by atoms with Gasteiger partial charge in [0.25, 0.3) is 11.5 Å². The van der Waals surface area contributed by atoms with Crippen LogP contribution in [0.3, 0.4) is 0 Å². The van der Waals surface area contributed by atoms with Crippen LogP contribution in [0.5, 0.6) is 0 Å². The van der Waals surface area contributed by atoms with Gasteiger partial charge in [-0.3, -0.25) is 9.59 Å². The van der Waals surface area contributed by atoms with Crippen molar-refractivity contribution in [2.24, 2.45) is 5.92 Å². The number of aromatic nitrogens is 3. The Morgan fingerprint density at radius 1 is 1.39 bits per heavy atom. The minimum absolute atomic E-state index is 0.206.